The van der Waals surface area contributed by atoms with Crippen LogP contribution in [0.2, 0.25) is 0 Å². The molecule has 3 heterocycles. The predicted octanol–water partition coefficient (Wildman–Crippen LogP) is 3.60. The number of likely N-dealkylation sites (tertiary alicyclic amines) is 1. The predicted molar refractivity (Wildman–Crippen MR) is 125 cm³/mol. The number of benzene rings is 1. The third kappa shape index (κ3) is 4.59. The molecular formula is C26H32N4O3. The second-order valence-electron chi connectivity index (χ2n) is 9.67. The Bertz CT molecular complexity index is 1070. The molecule has 1 saturated carbocycles. The van der Waals surface area contributed by atoms with Gasteiger partial charge in [0.2, 0.25) is 5.91 Å². The van der Waals surface area contributed by atoms with Crippen LogP contribution in [-0.2, 0) is 17.8 Å². The van der Waals surface area contributed by atoms with Crippen LogP contribution in [0.4, 0.5) is 0 Å². The average Bonchev–Trinajstić information content (AvgIpc) is 3.37. The van der Waals surface area contributed by atoms with Gasteiger partial charge in [-0.2, -0.15) is 0 Å². The lowest BCUT2D eigenvalue weighted by Crippen LogP contribution is -2.42. The monoisotopic (exact) mass is 448 g/mol. The second kappa shape index (κ2) is 9.49. The first-order chi connectivity index (χ1) is 16.1. The lowest BCUT2D eigenvalue weighted by Gasteiger charge is -2.36. The Hall–Kier alpha value is -2.96. The maximum atomic E-state index is 13.2. The molecule has 7 nitrogen and oxygen atoms in total. The summed E-state index contributed by atoms with van der Waals surface area (Å²) in [6, 6.07) is 9.05. The zero-order valence-corrected chi connectivity index (χ0v) is 19.1. The van der Waals surface area contributed by atoms with Gasteiger partial charge in [-0.25, -0.2) is 4.98 Å². The van der Waals surface area contributed by atoms with E-state index in [-0.39, 0.29) is 23.4 Å². The van der Waals surface area contributed by atoms with Crippen molar-refractivity contribution in [1.82, 2.24) is 19.8 Å². The van der Waals surface area contributed by atoms with E-state index < -0.39 is 0 Å². The summed E-state index contributed by atoms with van der Waals surface area (Å²) in [5.41, 5.74) is 1.85. The molecule has 2 fully saturated rings. The molecule has 2 aliphatic heterocycles. The maximum absolute atomic E-state index is 13.2. The van der Waals surface area contributed by atoms with Gasteiger partial charge in [0.05, 0.1) is 23.8 Å². The Morgan fingerprint density at radius 1 is 1.00 bits per heavy atom. The SMILES string of the molecule is O=C(CC1CCCC1)N1CCc2nc([C@H]3CCCCN3C(=O)c3ccccc3)[nH]c(=O)c2C1. The number of carbonyl (C=O) groups excluding carboxylic acids is 2. The zero-order chi connectivity index (χ0) is 22.8. The summed E-state index contributed by atoms with van der Waals surface area (Å²) in [7, 11) is 0. The zero-order valence-electron chi connectivity index (χ0n) is 19.1. The largest absolute Gasteiger partial charge is 0.338 e. The maximum Gasteiger partial charge on any atom is 0.256 e. The summed E-state index contributed by atoms with van der Waals surface area (Å²) in [5, 5.41) is 0. The summed E-state index contributed by atoms with van der Waals surface area (Å²) >= 11 is 0. The van der Waals surface area contributed by atoms with E-state index in [9.17, 15) is 14.4 Å². The summed E-state index contributed by atoms with van der Waals surface area (Å²) in [6.45, 7) is 1.59. The number of H-pyrrole nitrogens is 1. The van der Waals surface area contributed by atoms with Crippen molar-refractivity contribution >= 4 is 11.8 Å². The topological polar surface area (TPSA) is 86.4 Å². The van der Waals surface area contributed by atoms with Gasteiger partial charge >= 0.3 is 0 Å². The number of nitrogens with one attached hydrogen (secondary N) is 1. The van der Waals surface area contributed by atoms with Crippen LogP contribution < -0.4 is 5.56 Å². The van der Waals surface area contributed by atoms with Crippen molar-refractivity contribution in [2.24, 2.45) is 5.92 Å². The van der Waals surface area contributed by atoms with Crippen molar-refractivity contribution in [3.63, 3.8) is 0 Å². The molecule has 3 aliphatic rings. The summed E-state index contributed by atoms with van der Waals surface area (Å²) in [6.07, 6.45) is 8.63. The van der Waals surface area contributed by atoms with E-state index in [0.717, 1.165) is 37.8 Å². The Kier molecular flexibility index (Phi) is 6.29. The van der Waals surface area contributed by atoms with Crippen LogP contribution in [-0.4, -0.2) is 44.7 Å². The molecule has 1 N–H and O–H groups in total. The summed E-state index contributed by atoms with van der Waals surface area (Å²) in [4.78, 5) is 50.5. The molecule has 1 aromatic heterocycles. The molecule has 2 amide bonds. The van der Waals surface area contributed by atoms with Crippen LogP contribution >= 0.6 is 0 Å². The van der Waals surface area contributed by atoms with Crippen molar-refractivity contribution in [3.8, 4) is 0 Å². The number of piperidine rings is 1. The molecular weight excluding hydrogens is 416 g/mol. The molecule has 1 saturated heterocycles. The molecule has 0 bridgehead atoms. The number of nitrogens with zero attached hydrogens (tertiary/aromatic N) is 3. The highest BCUT2D eigenvalue weighted by atomic mass is 16.2. The van der Waals surface area contributed by atoms with Gasteiger partial charge in [0, 0.05) is 31.5 Å². The first-order valence-corrected chi connectivity index (χ1v) is 12.4. The highest BCUT2D eigenvalue weighted by Gasteiger charge is 2.33. The van der Waals surface area contributed by atoms with E-state index in [1.807, 2.05) is 40.1 Å². The van der Waals surface area contributed by atoms with E-state index in [4.69, 9.17) is 4.98 Å². The van der Waals surface area contributed by atoms with E-state index in [2.05, 4.69) is 4.98 Å². The average molecular weight is 449 g/mol. The smallest absolute Gasteiger partial charge is 0.256 e. The molecule has 1 atom stereocenters. The molecule has 1 aromatic carbocycles. The molecule has 2 aromatic rings. The minimum absolute atomic E-state index is 0.0237. The van der Waals surface area contributed by atoms with E-state index in [1.54, 1.807) is 0 Å². The molecule has 33 heavy (non-hydrogen) atoms. The van der Waals surface area contributed by atoms with Gasteiger partial charge in [-0.15, -0.1) is 0 Å². The number of carbonyl (C=O) groups is 2. The number of hydrogen-bond acceptors (Lipinski definition) is 4. The summed E-state index contributed by atoms with van der Waals surface area (Å²) in [5.74, 6) is 1.21. The highest BCUT2D eigenvalue weighted by molar-refractivity contribution is 5.94. The standard InChI is InChI=1S/C26H32N4O3/c31-23(16-18-8-4-5-9-18)29-15-13-21-20(17-29)25(32)28-24(27-21)22-12-6-7-14-30(22)26(33)19-10-2-1-3-11-19/h1-3,10-11,18,22H,4-9,12-17H2,(H,27,28,32)/t22-/m1/s1. The van der Waals surface area contributed by atoms with Gasteiger partial charge < -0.3 is 14.8 Å². The van der Waals surface area contributed by atoms with Crippen LogP contribution in [0.3, 0.4) is 0 Å². The van der Waals surface area contributed by atoms with Crippen molar-refractivity contribution in [3.05, 3.63) is 63.3 Å². The van der Waals surface area contributed by atoms with Crippen molar-refractivity contribution in [1.29, 1.82) is 0 Å². The Labute approximate surface area is 194 Å². The van der Waals surface area contributed by atoms with Crippen molar-refractivity contribution in [2.45, 2.75) is 70.4 Å². The third-order valence-corrected chi connectivity index (χ3v) is 7.48. The number of fused-ring (bicyclic) bond motifs is 1. The van der Waals surface area contributed by atoms with Gasteiger partial charge in [0.25, 0.3) is 11.5 Å². The lowest BCUT2D eigenvalue weighted by atomic mass is 9.98. The minimum atomic E-state index is -0.230. The number of hydrogen-bond donors (Lipinski definition) is 1. The minimum Gasteiger partial charge on any atom is -0.338 e. The Morgan fingerprint density at radius 2 is 1.76 bits per heavy atom. The van der Waals surface area contributed by atoms with Crippen LogP contribution in [0.1, 0.15) is 84.8 Å². The normalized spacial score (nSPS) is 21.2. The summed E-state index contributed by atoms with van der Waals surface area (Å²) < 4.78 is 0. The first kappa shape index (κ1) is 21.9. The molecule has 7 heteroatoms. The Balaban J connectivity index is 1.35. The number of aromatic nitrogens is 2. The Morgan fingerprint density at radius 3 is 2.55 bits per heavy atom. The molecule has 1 aliphatic carbocycles. The van der Waals surface area contributed by atoms with Crippen LogP contribution in [0.5, 0.6) is 0 Å². The van der Waals surface area contributed by atoms with Gasteiger partial charge in [-0.3, -0.25) is 14.4 Å². The van der Waals surface area contributed by atoms with E-state index in [0.29, 0.717) is 55.3 Å². The second-order valence-corrected chi connectivity index (χ2v) is 9.67. The molecule has 0 radical (unpaired) electrons. The molecule has 0 unspecified atom stereocenters. The van der Waals surface area contributed by atoms with Gasteiger partial charge in [0.1, 0.15) is 5.82 Å². The number of aromatic amines is 1. The van der Waals surface area contributed by atoms with E-state index in [1.165, 1.54) is 12.8 Å². The lowest BCUT2D eigenvalue weighted by molar-refractivity contribution is -0.133. The van der Waals surface area contributed by atoms with Crippen molar-refractivity contribution < 1.29 is 9.59 Å². The van der Waals surface area contributed by atoms with Gasteiger partial charge in [-0.1, -0.05) is 31.0 Å². The fourth-order valence-electron chi connectivity index (χ4n) is 5.61. The van der Waals surface area contributed by atoms with E-state index >= 15 is 0 Å². The molecule has 0 spiro atoms. The molecule has 174 valence electrons. The fraction of sp³-hybridized carbons (Fsp3) is 0.538. The molecule has 5 rings (SSSR count). The first-order valence-electron chi connectivity index (χ1n) is 12.4. The quantitative estimate of drug-likeness (QED) is 0.774. The van der Waals surface area contributed by atoms with Crippen LogP contribution in [0.25, 0.3) is 0 Å². The number of amides is 2. The highest BCUT2D eigenvalue weighted by Crippen LogP contribution is 2.31. The van der Waals surface area contributed by atoms with Gasteiger partial charge in [0.15, 0.2) is 0 Å². The van der Waals surface area contributed by atoms with Crippen molar-refractivity contribution in [2.75, 3.05) is 13.1 Å². The fourth-order valence-corrected chi connectivity index (χ4v) is 5.61. The van der Waals surface area contributed by atoms with Crippen LogP contribution in [0.15, 0.2) is 35.1 Å². The van der Waals surface area contributed by atoms with Crippen LogP contribution in [0, 0.1) is 5.92 Å². The van der Waals surface area contributed by atoms with Gasteiger partial charge in [-0.05, 0) is 50.2 Å². The number of rotatable bonds is 4. The third-order valence-electron chi connectivity index (χ3n) is 7.48.